The second kappa shape index (κ2) is 3.74. The van der Waals surface area contributed by atoms with Crippen LogP contribution in [0.1, 0.15) is 13.3 Å². The van der Waals surface area contributed by atoms with Crippen LogP contribution in [0.2, 0.25) is 0 Å². The van der Waals surface area contributed by atoms with Crippen molar-refractivity contribution in [3.8, 4) is 0 Å². The molecule has 0 spiro atoms. The summed E-state index contributed by atoms with van der Waals surface area (Å²) in [5.41, 5.74) is 2.65. The molecule has 2 aliphatic rings. The van der Waals surface area contributed by atoms with Gasteiger partial charge in [0.2, 0.25) is 0 Å². The second-order valence-electron chi connectivity index (χ2n) is 3.43. The molecule has 1 heterocycles. The Morgan fingerprint density at radius 3 is 3.00 bits per heavy atom. The van der Waals surface area contributed by atoms with E-state index in [1.165, 1.54) is 11.3 Å². The summed E-state index contributed by atoms with van der Waals surface area (Å²) in [7, 11) is 1.71. The van der Waals surface area contributed by atoms with E-state index in [-0.39, 0.29) is 0 Å². The van der Waals surface area contributed by atoms with Gasteiger partial charge in [-0.1, -0.05) is 6.08 Å². The molecule has 0 saturated carbocycles. The van der Waals surface area contributed by atoms with Crippen molar-refractivity contribution >= 4 is 0 Å². The van der Waals surface area contributed by atoms with Crippen molar-refractivity contribution in [2.24, 2.45) is 0 Å². The number of hydrogen-bond acceptors (Lipinski definition) is 2. The summed E-state index contributed by atoms with van der Waals surface area (Å²) >= 11 is 0. The van der Waals surface area contributed by atoms with E-state index in [2.05, 4.69) is 36.3 Å². The molecule has 0 unspecified atom stereocenters. The number of ether oxygens (including phenoxy) is 1. The summed E-state index contributed by atoms with van der Waals surface area (Å²) in [4.78, 5) is 2.25. The Balaban J connectivity index is 2.38. The number of rotatable bonds is 2. The molecule has 1 aliphatic heterocycles. The van der Waals surface area contributed by atoms with Crippen molar-refractivity contribution in [1.82, 2.24) is 4.90 Å². The smallest absolute Gasteiger partial charge is 0.120 e. The highest BCUT2D eigenvalue weighted by Crippen LogP contribution is 2.26. The van der Waals surface area contributed by atoms with Gasteiger partial charge in [-0.2, -0.15) is 0 Å². The van der Waals surface area contributed by atoms with Gasteiger partial charge >= 0.3 is 0 Å². The molecule has 2 nitrogen and oxygen atoms in total. The maximum Gasteiger partial charge on any atom is 0.120 e. The molecule has 1 aliphatic carbocycles. The standard InChI is InChI=1S/C12H15NO/c1-3-13-7-6-10-4-5-12(14-2)9-11(13)8-10/h4-7,9H,3,8H2,1-2H3. The summed E-state index contributed by atoms with van der Waals surface area (Å²) < 4.78 is 5.26. The number of hydrogen-bond donors (Lipinski definition) is 0. The molecule has 0 aromatic heterocycles. The van der Waals surface area contributed by atoms with Crippen LogP contribution in [0.5, 0.6) is 0 Å². The average molecular weight is 189 g/mol. The summed E-state index contributed by atoms with van der Waals surface area (Å²) in [6.45, 7) is 3.16. The molecule has 0 atom stereocenters. The Labute approximate surface area is 84.9 Å². The van der Waals surface area contributed by atoms with Gasteiger partial charge in [-0.15, -0.1) is 0 Å². The lowest BCUT2D eigenvalue weighted by Gasteiger charge is -2.26. The van der Waals surface area contributed by atoms with Crippen LogP contribution in [0.25, 0.3) is 0 Å². The average Bonchev–Trinajstić information content (AvgIpc) is 2.39. The van der Waals surface area contributed by atoms with Gasteiger partial charge in [0.25, 0.3) is 0 Å². The zero-order valence-electron chi connectivity index (χ0n) is 8.66. The van der Waals surface area contributed by atoms with Gasteiger partial charge < -0.3 is 9.64 Å². The van der Waals surface area contributed by atoms with Gasteiger partial charge in [0, 0.05) is 24.9 Å². The van der Waals surface area contributed by atoms with E-state index < -0.39 is 0 Å². The van der Waals surface area contributed by atoms with Crippen molar-refractivity contribution in [2.45, 2.75) is 13.3 Å². The van der Waals surface area contributed by atoms with Crippen LogP contribution in [0.15, 0.2) is 47.5 Å². The van der Waals surface area contributed by atoms with E-state index in [0.29, 0.717) is 0 Å². The molecule has 2 heteroatoms. The van der Waals surface area contributed by atoms with Crippen molar-refractivity contribution in [1.29, 1.82) is 0 Å². The molecule has 0 radical (unpaired) electrons. The Morgan fingerprint density at radius 1 is 1.43 bits per heavy atom. The maximum atomic E-state index is 5.26. The van der Waals surface area contributed by atoms with E-state index in [0.717, 1.165) is 18.7 Å². The van der Waals surface area contributed by atoms with Crippen molar-refractivity contribution in [3.63, 3.8) is 0 Å². The molecule has 2 rings (SSSR count). The molecule has 2 bridgehead atoms. The predicted molar refractivity (Wildman–Crippen MR) is 57.4 cm³/mol. The van der Waals surface area contributed by atoms with E-state index in [1.807, 2.05) is 6.08 Å². The van der Waals surface area contributed by atoms with Crippen LogP contribution in [0.3, 0.4) is 0 Å². The minimum atomic E-state index is 0.928. The van der Waals surface area contributed by atoms with Gasteiger partial charge in [0.15, 0.2) is 0 Å². The van der Waals surface area contributed by atoms with Gasteiger partial charge in [-0.3, -0.25) is 0 Å². The fourth-order valence-corrected chi connectivity index (χ4v) is 1.74. The summed E-state index contributed by atoms with van der Waals surface area (Å²) in [5, 5.41) is 0. The minimum Gasteiger partial charge on any atom is -0.497 e. The molecule has 0 saturated heterocycles. The highest BCUT2D eigenvalue weighted by molar-refractivity contribution is 5.39. The molecule has 0 aromatic carbocycles. The minimum absolute atomic E-state index is 0.928. The molecule has 74 valence electrons. The van der Waals surface area contributed by atoms with E-state index >= 15 is 0 Å². The first-order valence-electron chi connectivity index (χ1n) is 4.93. The third-order valence-corrected chi connectivity index (χ3v) is 2.57. The number of fused-ring (bicyclic) bond motifs is 2. The topological polar surface area (TPSA) is 12.5 Å². The molecule has 0 amide bonds. The predicted octanol–water partition coefficient (Wildman–Crippen LogP) is 2.58. The molecule has 0 N–H and O–H groups in total. The van der Waals surface area contributed by atoms with Gasteiger partial charge in [-0.25, -0.2) is 0 Å². The Morgan fingerprint density at radius 2 is 2.29 bits per heavy atom. The fourth-order valence-electron chi connectivity index (χ4n) is 1.74. The summed E-state index contributed by atoms with van der Waals surface area (Å²) in [6.07, 6.45) is 11.5. The lowest BCUT2D eigenvalue weighted by molar-refractivity contribution is 0.304. The van der Waals surface area contributed by atoms with Crippen molar-refractivity contribution in [3.05, 3.63) is 47.5 Å². The van der Waals surface area contributed by atoms with Gasteiger partial charge in [0.05, 0.1) is 7.11 Å². The third kappa shape index (κ3) is 1.60. The zero-order valence-corrected chi connectivity index (χ0v) is 8.66. The SMILES string of the molecule is CCN1C=CC2=CC=C(OC)C=C1C2. The van der Waals surface area contributed by atoms with Crippen LogP contribution in [0, 0.1) is 0 Å². The highest BCUT2D eigenvalue weighted by atomic mass is 16.5. The number of nitrogens with zero attached hydrogens (tertiary/aromatic N) is 1. The second-order valence-corrected chi connectivity index (χ2v) is 3.43. The first kappa shape index (κ1) is 9.13. The molecular formula is C12H15NO. The Bertz CT molecular complexity index is 347. The first-order chi connectivity index (χ1) is 6.83. The van der Waals surface area contributed by atoms with E-state index in [4.69, 9.17) is 4.74 Å². The van der Waals surface area contributed by atoms with Crippen LogP contribution >= 0.6 is 0 Å². The quantitative estimate of drug-likeness (QED) is 0.662. The third-order valence-electron chi connectivity index (χ3n) is 2.57. The normalized spacial score (nSPS) is 19.6. The molecule has 0 aromatic rings. The molecule has 14 heavy (non-hydrogen) atoms. The molecule has 0 fully saturated rings. The Hall–Kier alpha value is -1.44. The van der Waals surface area contributed by atoms with Crippen LogP contribution in [0.4, 0.5) is 0 Å². The number of allylic oxidation sites excluding steroid dienone is 5. The van der Waals surface area contributed by atoms with Crippen LogP contribution < -0.4 is 0 Å². The summed E-state index contributed by atoms with van der Waals surface area (Å²) in [6, 6.07) is 0. The lowest BCUT2D eigenvalue weighted by Crippen LogP contribution is -2.19. The molecular weight excluding hydrogens is 174 g/mol. The van der Waals surface area contributed by atoms with E-state index in [1.54, 1.807) is 7.11 Å². The van der Waals surface area contributed by atoms with Crippen molar-refractivity contribution in [2.75, 3.05) is 13.7 Å². The van der Waals surface area contributed by atoms with Crippen LogP contribution in [-0.4, -0.2) is 18.6 Å². The van der Waals surface area contributed by atoms with Crippen molar-refractivity contribution < 1.29 is 4.74 Å². The lowest BCUT2D eigenvalue weighted by atomic mass is 10.1. The monoisotopic (exact) mass is 189 g/mol. The maximum absolute atomic E-state index is 5.26. The summed E-state index contributed by atoms with van der Waals surface area (Å²) in [5.74, 6) is 0.928. The fraction of sp³-hybridized carbons (Fsp3) is 0.333. The van der Waals surface area contributed by atoms with Crippen LogP contribution in [-0.2, 0) is 4.74 Å². The van der Waals surface area contributed by atoms with Gasteiger partial charge in [0.1, 0.15) is 5.76 Å². The number of methoxy groups -OCH3 is 1. The zero-order chi connectivity index (χ0) is 9.97. The first-order valence-corrected chi connectivity index (χ1v) is 4.93. The highest BCUT2D eigenvalue weighted by Gasteiger charge is 2.14. The Kier molecular flexibility index (Phi) is 2.44. The van der Waals surface area contributed by atoms with Gasteiger partial charge in [-0.05, 0) is 30.7 Å². The van der Waals surface area contributed by atoms with E-state index in [9.17, 15) is 0 Å². The largest absolute Gasteiger partial charge is 0.497 e.